The van der Waals surface area contributed by atoms with Crippen LogP contribution in [0.15, 0.2) is 0 Å². The molecule has 0 rings (SSSR count). The van der Waals surface area contributed by atoms with Crippen molar-refractivity contribution in [3.8, 4) is 0 Å². The van der Waals surface area contributed by atoms with Gasteiger partial charge in [0, 0.05) is 6.61 Å². The summed E-state index contributed by atoms with van der Waals surface area (Å²) in [5.74, 6) is 0. The standard InChI is InChI=1S/C15H32O4S/c1-2-3-4-5-6-7-8-9-10-12-15(13-11-14-16)20(17,18)19/h15-16H,2-14H2,1H3,(H,17,18,19). The fourth-order valence-electron chi connectivity index (χ4n) is 2.44. The van der Waals surface area contributed by atoms with Crippen LogP contribution in [0.5, 0.6) is 0 Å². The van der Waals surface area contributed by atoms with E-state index in [1.54, 1.807) is 0 Å². The second-order valence-corrected chi connectivity index (χ2v) is 7.32. The SMILES string of the molecule is CCCCCCCCCCCC(CCCO)S(=O)(=O)O. The molecule has 0 aliphatic heterocycles. The van der Waals surface area contributed by atoms with Crippen LogP contribution in [0.1, 0.15) is 84.0 Å². The van der Waals surface area contributed by atoms with Crippen LogP contribution in [-0.2, 0) is 10.1 Å². The van der Waals surface area contributed by atoms with E-state index in [0.29, 0.717) is 19.3 Å². The van der Waals surface area contributed by atoms with Gasteiger partial charge in [-0.3, -0.25) is 4.55 Å². The summed E-state index contributed by atoms with van der Waals surface area (Å²) in [7, 11) is -3.96. The maximum absolute atomic E-state index is 11.2. The molecule has 0 fully saturated rings. The molecule has 5 heteroatoms. The van der Waals surface area contributed by atoms with Gasteiger partial charge in [0.15, 0.2) is 0 Å². The van der Waals surface area contributed by atoms with E-state index in [-0.39, 0.29) is 6.61 Å². The van der Waals surface area contributed by atoms with E-state index >= 15 is 0 Å². The van der Waals surface area contributed by atoms with E-state index in [0.717, 1.165) is 19.3 Å². The highest BCUT2D eigenvalue weighted by atomic mass is 32.2. The Bertz CT molecular complexity index is 301. The zero-order valence-corrected chi connectivity index (χ0v) is 13.7. The molecule has 0 saturated heterocycles. The summed E-state index contributed by atoms with van der Waals surface area (Å²) < 4.78 is 31.5. The van der Waals surface area contributed by atoms with Gasteiger partial charge in [-0.2, -0.15) is 8.42 Å². The lowest BCUT2D eigenvalue weighted by Gasteiger charge is -2.12. The van der Waals surface area contributed by atoms with Gasteiger partial charge >= 0.3 is 0 Å². The zero-order valence-electron chi connectivity index (χ0n) is 12.9. The van der Waals surface area contributed by atoms with Gasteiger partial charge in [0.25, 0.3) is 10.1 Å². The molecule has 0 aromatic carbocycles. The molecule has 0 aromatic heterocycles. The normalized spacial score (nSPS) is 13.6. The van der Waals surface area contributed by atoms with Gasteiger partial charge in [-0.05, 0) is 19.3 Å². The molecule has 0 aromatic rings. The molecule has 122 valence electrons. The molecule has 1 unspecified atom stereocenters. The Morgan fingerprint density at radius 3 is 1.70 bits per heavy atom. The van der Waals surface area contributed by atoms with Crippen LogP contribution in [0, 0.1) is 0 Å². The maximum Gasteiger partial charge on any atom is 0.267 e. The molecular formula is C15H32O4S. The monoisotopic (exact) mass is 308 g/mol. The molecule has 20 heavy (non-hydrogen) atoms. The molecule has 4 nitrogen and oxygen atoms in total. The van der Waals surface area contributed by atoms with Gasteiger partial charge in [0.2, 0.25) is 0 Å². The smallest absolute Gasteiger partial charge is 0.267 e. The first-order valence-corrected chi connectivity index (χ1v) is 9.59. The van der Waals surface area contributed by atoms with E-state index in [1.165, 1.54) is 38.5 Å². The molecule has 0 heterocycles. The molecule has 2 N–H and O–H groups in total. The number of hydrogen-bond acceptors (Lipinski definition) is 3. The summed E-state index contributed by atoms with van der Waals surface area (Å²) in [6, 6.07) is 0. The predicted molar refractivity (Wildman–Crippen MR) is 83.5 cm³/mol. The lowest BCUT2D eigenvalue weighted by Crippen LogP contribution is -2.20. The van der Waals surface area contributed by atoms with Crippen LogP contribution < -0.4 is 0 Å². The van der Waals surface area contributed by atoms with E-state index in [4.69, 9.17) is 9.66 Å². The van der Waals surface area contributed by atoms with E-state index in [1.807, 2.05) is 0 Å². The van der Waals surface area contributed by atoms with Gasteiger partial charge < -0.3 is 5.11 Å². The van der Waals surface area contributed by atoms with Gasteiger partial charge in [-0.1, -0.05) is 64.7 Å². The minimum atomic E-state index is -3.96. The van der Waals surface area contributed by atoms with Crippen molar-refractivity contribution in [3.63, 3.8) is 0 Å². The van der Waals surface area contributed by atoms with Crippen molar-refractivity contribution in [2.45, 2.75) is 89.2 Å². The molecule has 0 saturated carbocycles. The van der Waals surface area contributed by atoms with Crippen molar-refractivity contribution >= 4 is 10.1 Å². The van der Waals surface area contributed by atoms with Crippen molar-refractivity contribution in [1.29, 1.82) is 0 Å². The van der Waals surface area contributed by atoms with E-state index in [9.17, 15) is 8.42 Å². The zero-order chi connectivity index (χ0) is 15.3. The summed E-state index contributed by atoms with van der Waals surface area (Å²) in [5.41, 5.74) is 0. The quantitative estimate of drug-likeness (QED) is 0.376. The largest absolute Gasteiger partial charge is 0.396 e. The highest BCUT2D eigenvalue weighted by Crippen LogP contribution is 2.17. The average Bonchev–Trinajstić information content (AvgIpc) is 2.38. The van der Waals surface area contributed by atoms with Crippen LogP contribution in [0.25, 0.3) is 0 Å². The lowest BCUT2D eigenvalue weighted by molar-refractivity contribution is 0.281. The van der Waals surface area contributed by atoms with Crippen LogP contribution in [0.2, 0.25) is 0 Å². The number of unbranched alkanes of at least 4 members (excludes halogenated alkanes) is 8. The summed E-state index contributed by atoms with van der Waals surface area (Å²) in [6.07, 6.45) is 12.0. The maximum atomic E-state index is 11.2. The Balaban J connectivity index is 3.59. The molecule has 0 amide bonds. The van der Waals surface area contributed by atoms with Gasteiger partial charge in [0.05, 0.1) is 5.25 Å². The number of aliphatic hydroxyl groups is 1. The Morgan fingerprint density at radius 1 is 0.800 bits per heavy atom. The van der Waals surface area contributed by atoms with Crippen LogP contribution in [0.4, 0.5) is 0 Å². The number of hydrogen-bond donors (Lipinski definition) is 2. The van der Waals surface area contributed by atoms with Crippen LogP contribution >= 0.6 is 0 Å². The van der Waals surface area contributed by atoms with Gasteiger partial charge in [-0.25, -0.2) is 0 Å². The molecular weight excluding hydrogens is 276 g/mol. The van der Waals surface area contributed by atoms with E-state index in [2.05, 4.69) is 6.92 Å². The predicted octanol–water partition coefficient (Wildman–Crippen LogP) is 3.94. The molecule has 0 radical (unpaired) electrons. The fourth-order valence-corrected chi connectivity index (χ4v) is 3.37. The summed E-state index contributed by atoms with van der Waals surface area (Å²) in [6.45, 7) is 2.19. The van der Waals surface area contributed by atoms with Crippen LogP contribution in [-0.4, -0.2) is 29.9 Å². The number of rotatable bonds is 14. The highest BCUT2D eigenvalue weighted by molar-refractivity contribution is 7.86. The van der Waals surface area contributed by atoms with Crippen molar-refractivity contribution in [3.05, 3.63) is 0 Å². The first kappa shape index (κ1) is 19.9. The Hall–Kier alpha value is -0.130. The lowest BCUT2D eigenvalue weighted by atomic mass is 10.0. The number of aliphatic hydroxyl groups excluding tert-OH is 1. The second-order valence-electron chi connectivity index (χ2n) is 5.62. The Labute approximate surface area is 124 Å². The fraction of sp³-hybridized carbons (Fsp3) is 1.00. The first-order valence-electron chi connectivity index (χ1n) is 8.09. The summed E-state index contributed by atoms with van der Waals surface area (Å²) in [5, 5.41) is 8.04. The second kappa shape index (κ2) is 12.6. The van der Waals surface area contributed by atoms with Gasteiger partial charge in [0.1, 0.15) is 0 Å². The Morgan fingerprint density at radius 2 is 1.25 bits per heavy atom. The van der Waals surface area contributed by atoms with Crippen molar-refractivity contribution in [2.75, 3.05) is 6.61 Å². The third-order valence-corrected chi connectivity index (χ3v) is 5.05. The first-order chi connectivity index (χ1) is 9.52. The molecule has 0 spiro atoms. The Kier molecular flexibility index (Phi) is 12.5. The van der Waals surface area contributed by atoms with Crippen molar-refractivity contribution < 1.29 is 18.1 Å². The molecule has 0 bridgehead atoms. The third-order valence-electron chi connectivity index (χ3n) is 3.74. The highest BCUT2D eigenvalue weighted by Gasteiger charge is 2.21. The topological polar surface area (TPSA) is 74.6 Å². The van der Waals surface area contributed by atoms with Crippen molar-refractivity contribution in [1.82, 2.24) is 0 Å². The molecule has 1 atom stereocenters. The third kappa shape index (κ3) is 11.7. The minimum absolute atomic E-state index is 0.0240. The summed E-state index contributed by atoms with van der Waals surface area (Å²) >= 11 is 0. The summed E-state index contributed by atoms with van der Waals surface area (Å²) in [4.78, 5) is 0. The van der Waals surface area contributed by atoms with Crippen molar-refractivity contribution in [2.24, 2.45) is 0 Å². The van der Waals surface area contributed by atoms with Crippen LogP contribution in [0.3, 0.4) is 0 Å². The minimum Gasteiger partial charge on any atom is -0.396 e. The average molecular weight is 308 g/mol. The molecule has 0 aliphatic carbocycles. The van der Waals surface area contributed by atoms with E-state index < -0.39 is 15.4 Å². The van der Waals surface area contributed by atoms with Gasteiger partial charge in [-0.15, -0.1) is 0 Å². The molecule has 0 aliphatic rings.